The minimum Gasteiger partial charge on any atom is -0.206 e. The van der Waals surface area contributed by atoms with Crippen molar-refractivity contribution < 1.29 is 8.78 Å². The van der Waals surface area contributed by atoms with Crippen LogP contribution in [0.3, 0.4) is 0 Å². The molecule has 0 saturated heterocycles. The van der Waals surface area contributed by atoms with Gasteiger partial charge in [0.15, 0.2) is 0 Å². The van der Waals surface area contributed by atoms with Gasteiger partial charge < -0.3 is 0 Å². The predicted molar refractivity (Wildman–Crippen MR) is 32.4 cm³/mol. The molecule has 0 saturated carbocycles. The Balaban J connectivity index is 3.25. The second-order valence-electron chi connectivity index (χ2n) is 1.49. The molecule has 0 atom stereocenters. The van der Waals surface area contributed by atoms with E-state index >= 15 is 0 Å². The Morgan fingerprint density at radius 3 is 2.56 bits per heavy atom. The molecular formula is C6H3F2S. The van der Waals surface area contributed by atoms with E-state index in [2.05, 4.69) is 18.7 Å². The molecule has 1 aromatic rings. The summed E-state index contributed by atoms with van der Waals surface area (Å²) in [6, 6.07) is 4.43. The van der Waals surface area contributed by atoms with Gasteiger partial charge in [0.05, 0.1) is 4.90 Å². The molecule has 1 rings (SSSR count). The van der Waals surface area contributed by atoms with Crippen LogP contribution in [0.1, 0.15) is 0 Å². The average Bonchev–Trinajstić information content (AvgIpc) is 1.83. The molecule has 0 amide bonds. The molecule has 0 aromatic heterocycles. The fourth-order valence-electron chi connectivity index (χ4n) is 0.440. The highest BCUT2D eigenvalue weighted by Gasteiger charge is 2.01. The first-order chi connectivity index (χ1) is 4.22. The van der Waals surface area contributed by atoms with Crippen LogP contribution in [0.5, 0.6) is 0 Å². The van der Waals surface area contributed by atoms with Crippen LogP contribution in [0.2, 0.25) is 0 Å². The van der Waals surface area contributed by atoms with E-state index in [9.17, 15) is 8.78 Å². The molecule has 0 spiro atoms. The number of hydrogen-bond acceptors (Lipinski definition) is 1. The minimum atomic E-state index is -0.752. The molecule has 1 aromatic carbocycles. The van der Waals surface area contributed by atoms with Crippen LogP contribution in [0, 0.1) is 17.7 Å². The normalized spacial score (nSPS) is 9.67. The standard InChI is InChI=1S/C6H3F2S/c7-4-2-1-3-5(8)6(4)9/h1-2,9H. The van der Waals surface area contributed by atoms with Crippen molar-refractivity contribution in [1.82, 2.24) is 0 Å². The molecule has 0 nitrogen and oxygen atoms in total. The molecule has 0 unspecified atom stereocenters. The summed E-state index contributed by atoms with van der Waals surface area (Å²) < 4.78 is 24.5. The molecule has 3 heteroatoms. The highest BCUT2D eigenvalue weighted by Crippen LogP contribution is 2.14. The van der Waals surface area contributed by atoms with Gasteiger partial charge in [-0.3, -0.25) is 0 Å². The van der Waals surface area contributed by atoms with E-state index in [-0.39, 0.29) is 4.90 Å². The van der Waals surface area contributed by atoms with Gasteiger partial charge in [0.2, 0.25) is 0 Å². The summed E-state index contributed by atoms with van der Waals surface area (Å²) in [5.74, 6) is -1.41. The minimum absolute atomic E-state index is 0.280. The summed E-state index contributed by atoms with van der Waals surface area (Å²) in [6.07, 6.45) is 0. The Hall–Kier alpha value is -0.570. The van der Waals surface area contributed by atoms with E-state index in [1.807, 2.05) is 0 Å². The Bertz CT molecular complexity index is 202. The van der Waals surface area contributed by atoms with Crippen LogP contribution < -0.4 is 0 Å². The molecule has 47 valence electrons. The van der Waals surface area contributed by atoms with Crippen molar-refractivity contribution in [3.05, 3.63) is 29.8 Å². The molecule has 0 heterocycles. The van der Waals surface area contributed by atoms with Crippen LogP contribution in [0.15, 0.2) is 17.0 Å². The Kier molecular flexibility index (Phi) is 1.71. The van der Waals surface area contributed by atoms with E-state index in [1.54, 1.807) is 0 Å². The molecule has 0 aliphatic carbocycles. The molecule has 0 bridgehead atoms. The third-order valence-electron chi connectivity index (χ3n) is 0.874. The lowest BCUT2D eigenvalue weighted by molar-refractivity contribution is 0.540. The summed E-state index contributed by atoms with van der Waals surface area (Å²) in [5.41, 5.74) is 0. The first kappa shape index (κ1) is 6.55. The van der Waals surface area contributed by atoms with Gasteiger partial charge in [-0.25, -0.2) is 8.78 Å². The Morgan fingerprint density at radius 1 is 1.44 bits per heavy atom. The molecule has 0 fully saturated rings. The highest BCUT2D eigenvalue weighted by molar-refractivity contribution is 7.80. The number of thiol groups is 1. The third kappa shape index (κ3) is 1.21. The van der Waals surface area contributed by atoms with E-state index in [1.165, 1.54) is 6.07 Å². The number of benzene rings is 1. The molecule has 0 aliphatic rings. The van der Waals surface area contributed by atoms with Gasteiger partial charge in [-0.05, 0) is 12.1 Å². The number of halogens is 2. The van der Waals surface area contributed by atoms with Crippen LogP contribution in [-0.4, -0.2) is 0 Å². The Labute approximate surface area is 56.9 Å². The maximum absolute atomic E-state index is 12.2. The summed E-state index contributed by atoms with van der Waals surface area (Å²) in [5, 5.41) is 0. The lowest BCUT2D eigenvalue weighted by atomic mass is 10.3. The second-order valence-corrected chi connectivity index (χ2v) is 1.94. The van der Waals surface area contributed by atoms with E-state index in [0.29, 0.717) is 0 Å². The molecular weight excluding hydrogens is 142 g/mol. The quantitative estimate of drug-likeness (QED) is 0.531. The van der Waals surface area contributed by atoms with Crippen molar-refractivity contribution in [3.8, 4) is 0 Å². The first-order valence-electron chi connectivity index (χ1n) is 2.26. The molecule has 0 N–H and O–H groups in total. The zero-order valence-corrected chi connectivity index (χ0v) is 5.25. The monoisotopic (exact) mass is 145 g/mol. The van der Waals surface area contributed by atoms with Gasteiger partial charge in [-0.1, -0.05) is 0 Å². The van der Waals surface area contributed by atoms with E-state index in [0.717, 1.165) is 6.07 Å². The SMILES string of the molecule is Fc1[c]ccc(F)c1S. The zero-order chi connectivity index (χ0) is 6.85. The maximum atomic E-state index is 12.2. The van der Waals surface area contributed by atoms with Crippen molar-refractivity contribution in [2.45, 2.75) is 4.90 Å². The summed E-state index contributed by atoms with van der Waals surface area (Å²) >= 11 is 3.53. The zero-order valence-electron chi connectivity index (χ0n) is 4.36. The molecule has 1 radical (unpaired) electrons. The van der Waals surface area contributed by atoms with Gasteiger partial charge >= 0.3 is 0 Å². The highest BCUT2D eigenvalue weighted by atomic mass is 32.1. The predicted octanol–water partition coefficient (Wildman–Crippen LogP) is 2.05. The van der Waals surface area contributed by atoms with E-state index < -0.39 is 11.6 Å². The number of rotatable bonds is 0. The lowest BCUT2D eigenvalue weighted by Gasteiger charge is -1.92. The van der Waals surface area contributed by atoms with Crippen molar-refractivity contribution >= 4 is 12.6 Å². The lowest BCUT2D eigenvalue weighted by Crippen LogP contribution is -1.81. The van der Waals surface area contributed by atoms with Crippen molar-refractivity contribution in [2.75, 3.05) is 0 Å². The van der Waals surface area contributed by atoms with E-state index in [4.69, 9.17) is 0 Å². The fraction of sp³-hybridized carbons (Fsp3) is 0. The topological polar surface area (TPSA) is 0 Å². The third-order valence-corrected chi connectivity index (χ3v) is 1.28. The van der Waals surface area contributed by atoms with Crippen LogP contribution in [0.4, 0.5) is 8.78 Å². The first-order valence-corrected chi connectivity index (χ1v) is 2.71. The Morgan fingerprint density at radius 2 is 2.11 bits per heavy atom. The number of hydrogen-bond donors (Lipinski definition) is 1. The molecule has 0 aliphatic heterocycles. The van der Waals surface area contributed by atoms with Gasteiger partial charge in [-0.2, -0.15) is 0 Å². The largest absolute Gasteiger partial charge is 0.206 e. The smallest absolute Gasteiger partial charge is 0.147 e. The van der Waals surface area contributed by atoms with Crippen LogP contribution in [-0.2, 0) is 0 Å². The van der Waals surface area contributed by atoms with Crippen LogP contribution >= 0.6 is 12.6 Å². The summed E-state index contributed by atoms with van der Waals surface area (Å²) in [6.45, 7) is 0. The summed E-state index contributed by atoms with van der Waals surface area (Å²) in [7, 11) is 0. The van der Waals surface area contributed by atoms with Crippen LogP contribution in [0.25, 0.3) is 0 Å². The van der Waals surface area contributed by atoms with Crippen molar-refractivity contribution in [3.63, 3.8) is 0 Å². The van der Waals surface area contributed by atoms with Gasteiger partial charge in [0.1, 0.15) is 11.6 Å². The average molecular weight is 145 g/mol. The van der Waals surface area contributed by atoms with Crippen molar-refractivity contribution in [2.24, 2.45) is 0 Å². The molecule has 9 heavy (non-hydrogen) atoms. The van der Waals surface area contributed by atoms with Gasteiger partial charge in [0, 0.05) is 6.07 Å². The fourth-order valence-corrected chi connectivity index (χ4v) is 0.579. The van der Waals surface area contributed by atoms with Gasteiger partial charge in [-0.15, -0.1) is 12.6 Å². The maximum Gasteiger partial charge on any atom is 0.147 e. The summed E-state index contributed by atoms with van der Waals surface area (Å²) in [4.78, 5) is -0.280. The second kappa shape index (κ2) is 2.35. The van der Waals surface area contributed by atoms with Gasteiger partial charge in [0.25, 0.3) is 0 Å². The van der Waals surface area contributed by atoms with Crippen molar-refractivity contribution in [1.29, 1.82) is 0 Å².